The van der Waals surface area contributed by atoms with E-state index in [1.807, 2.05) is 30.3 Å². The molecule has 94 valence electrons. The van der Waals surface area contributed by atoms with Gasteiger partial charge >= 0.3 is 0 Å². The molecule has 0 spiro atoms. The molecule has 0 saturated carbocycles. The first-order valence-electron chi connectivity index (χ1n) is 5.69. The summed E-state index contributed by atoms with van der Waals surface area (Å²) in [4.78, 5) is 10.4. The summed E-state index contributed by atoms with van der Waals surface area (Å²) in [6.07, 6.45) is 0. The van der Waals surface area contributed by atoms with Crippen molar-refractivity contribution >= 4 is 11.4 Å². The molecule has 0 aromatic heterocycles. The third-order valence-corrected chi connectivity index (χ3v) is 2.61. The van der Waals surface area contributed by atoms with Gasteiger partial charge in [-0.3, -0.25) is 10.1 Å². The first kappa shape index (κ1) is 12.7. The Labute approximate surface area is 111 Å². The molecule has 19 heavy (non-hydrogen) atoms. The molecule has 2 N–H and O–H groups in total. The Morgan fingerprint density at radius 1 is 1.16 bits per heavy atom. The van der Waals surface area contributed by atoms with Crippen molar-refractivity contribution in [2.45, 2.75) is 6.92 Å². The summed E-state index contributed by atoms with van der Waals surface area (Å²) in [5.41, 5.74) is 7.87. The van der Waals surface area contributed by atoms with Gasteiger partial charge in [0.1, 0.15) is 5.69 Å². The van der Waals surface area contributed by atoms with E-state index >= 15 is 0 Å². The molecule has 4 nitrogen and oxygen atoms in total. The molecule has 0 aliphatic heterocycles. The summed E-state index contributed by atoms with van der Waals surface area (Å²) >= 11 is 0. The van der Waals surface area contributed by atoms with E-state index in [2.05, 4.69) is 11.8 Å². The zero-order chi connectivity index (χ0) is 13.8. The smallest absolute Gasteiger partial charge is 0.293 e. The number of rotatable bonds is 1. The molecule has 2 rings (SSSR count). The average Bonchev–Trinajstić information content (AvgIpc) is 2.40. The molecule has 2 aromatic carbocycles. The van der Waals surface area contributed by atoms with Crippen LogP contribution in [0.1, 0.15) is 16.7 Å². The van der Waals surface area contributed by atoms with Gasteiger partial charge in [-0.05, 0) is 30.7 Å². The molecule has 0 aliphatic rings. The number of aryl methyl sites for hydroxylation is 1. The van der Waals surface area contributed by atoms with Crippen LogP contribution in [0.25, 0.3) is 0 Å². The maximum Gasteiger partial charge on any atom is 0.293 e. The van der Waals surface area contributed by atoms with Gasteiger partial charge in [0.05, 0.1) is 10.5 Å². The van der Waals surface area contributed by atoms with Crippen LogP contribution in [0.4, 0.5) is 11.4 Å². The molecule has 0 atom stereocenters. The summed E-state index contributed by atoms with van der Waals surface area (Å²) in [7, 11) is 0. The second kappa shape index (κ2) is 5.23. The van der Waals surface area contributed by atoms with Crippen LogP contribution in [0.2, 0.25) is 0 Å². The van der Waals surface area contributed by atoms with E-state index in [1.165, 1.54) is 6.07 Å². The molecule has 0 heterocycles. The molecule has 0 radical (unpaired) electrons. The van der Waals surface area contributed by atoms with E-state index in [0.717, 1.165) is 11.1 Å². The minimum absolute atomic E-state index is 0.0997. The summed E-state index contributed by atoms with van der Waals surface area (Å²) in [6, 6.07) is 12.6. The first-order valence-corrected chi connectivity index (χ1v) is 5.69. The Bertz CT molecular complexity index is 683. The van der Waals surface area contributed by atoms with Crippen molar-refractivity contribution in [3.63, 3.8) is 0 Å². The van der Waals surface area contributed by atoms with E-state index in [-0.39, 0.29) is 11.4 Å². The zero-order valence-corrected chi connectivity index (χ0v) is 10.4. The van der Waals surface area contributed by atoms with Gasteiger partial charge in [0.2, 0.25) is 0 Å². The monoisotopic (exact) mass is 252 g/mol. The average molecular weight is 252 g/mol. The zero-order valence-electron chi connectivity index (χ0n) is 10.4. The van der Waals surface area contributed by atoms with Gasteiger partial charge in [-0.25, -0.2) is 0 Å². The number of nitrogen functional groups attached to an aromatic ring is 1. The summed E-state index contributed by atoms with van der Waals surface area (Å²) < 4.78 is 0. The second-order valence-corrected chi connectivity index (χ2v) is 4.12. The van der Waals surface area contributed by atoms with Gasteiger partial charge in [0.25, 0.3) is 5.69 Å². The van der Waals surface area contributed by atoms with Crippen molar-refractivity contribution in [3.05, 3.63) is 69.3 Å². The van der Waals surface area contributed by atoms with Crippen LogP contribution in [-0.2, 0) is 0 Å². The topological polar surface area (TPSA) is 69.2 Å². The highest BCUT2D eigenvalue weighted by Crippen LogP contribution is 2.26. The fourth-order valence-electron chi connectivity index (χ4n) is 1.69. The van der Waals surface area contributed by atoms with Gasteiger partial charge in [0.15, 0.2) is 0 Å². The Kier molecular flexibility index (Phi) is 3.48. The van der Waals surface area contributed by atoms with Gasteiger partial charge in [-0.1, -0.05) is 30.0 Å². The molecule has 2 aromatic rings. The summed E-state index contributed by atoms with van der Waals surface area (Å²) in [6.45, 7) is 1.78. The highest BCUT2D eigenvalue weighted by molar-refractivity contribution is 5.69. The quantitative estimate of drug-likeness (QED) is 0.367. The molecule has 0 fully saturated rings. The molecule has 0 bridgehead atoms. The fourth-order valence-corrected chi connectivity index (χ4v) is 1.69. The van der Waals surface area contributed by atoms with E-state index in [0.29, 0.717) is 5.56 Å². The lowest BCUT2D eigenvalue weighted by molar-refractivity contribution is -0.383. The molecule has 0 aliphatic carbocycles. The van der Waals surface area contributed by atoms with E-state index in [4.69, 9.17) is 5.73 Å². The SMILES string of the molecule is Cc1cc(C#Cc2ccccc2)c(N)c([N+](=O)[O-])c1. The van der Waals surface area contributed by atoms with Crippen LogP contribution in [0.3, 0.4) is 0 Å². The van der Waals surface area contributed by atoms with Crippen molar-refractivity contribution in [2.24, 2.45) is 0 Å². The van der Waals surface area contributed by atoms with Crippen molar-refractivity contribution in [1.29, 1.82) is 0 Å². The number of nitrogens with two attached hydrogens (primary N) is 1. The minimum Gasteiger partial charge on any atom is -0.392 e. The first-order chi connectivity index (χ1) is 9.08. The Balaban J connectivity index is 2.47. The number of hydrogen-bond donors (Lipinski definition) is 1. The fraction of sp³-hybridized carbons (Fsp3) is 0.0667. The largest absolute Gasteiger partial charge is 0.392 e. The molecule has 0 unspecified atom stereocenters. The maximum atomic E-state index is 10.9. The third kappa shape index (κ3) is 2.90. The lowest BCUT2D eigenvalue weighted by Gasteiger charge is -2.02. The lowest BCUT2D eigenvalue weighted by Crippen LogP contribution is -1.99. The molecule has 0 amide bonds. The van der Waals surface area contributed by atoms with E-state index in [1.54, 1.807) is 13.0 Å². The lowest BCUT2D eigenvalue weighted by atomic mass is 10.1. The Morgan fingerprint density at radius 3 is 2.47 bits per heavy atom. The number of benzene rings is 2. The van der Waals surface area contributed by atoms with Gasteiger partial charge in [-0.2, -0.15) is 0 Å². The number of nitro groups is 1. The van der Waals surface area contributed by atoms with Crippen molar-refractivity contribution in [1.82, 2.24) is 0 Å². The van der Waals surface area contributed by atoms with Gasteiger partial charge < -0.3 is 5.73 Å². The highest BCUT2D eigenvalue weighted by Gasteiger charge is 2.14. The second-order valence-electron chi connectivity index (χ2n) is 4.12. The van der Waals surface area contributed by atoms with Crippen molar-refractivity contribution in [3.8, 4) is 11.8 Å². The Morgan fingerprint density at radius 2 is 1.84 bits per heavy atom. The Hall–Kier alpha value is -2.80. The number of nitrogens with zero attached hydrogens (tertiary/aromatic N) is 1. The predicted molar refractivity (Wildman–Crippen MR) is 74.7 cm³/mol. The summed E-state index contributed by atoms with van der Waals surface area (Å²) in [5.74, 6) is 5.83. The normalized spacial score (nSPS) is 9.53. The number of anilines is 1. The van der Waals surface area contributed by atoms with Crippen molar-refractivity contribution < 1.29 is 4.92 Å². The van der Waals surface area contributed by atoms with Crippen LogP contribution in [-0.4, -0.2) is 4.92 Å². The number of hydrogen-bond acceptors (Lipinski definition) is 3. The molecule has 0 saturated heterocycles. The standard InChI is InChI=1S/C15H12N2O2/c1-11-9-13(15(16)14(10-11)17(18)19)8-7-12-5-3-2-4-6-12/h2-6,9-10H,16H2,1H3. The van der Waals surface area contributed by atoms with E-state index in [9.17, 15) is 10.1 Å². The van der Waals surface area contributed by atoms with Crippen LogP contribution in [0.15, 0.2) is 42.5 Å². The van der Waals surface area contributed by atoms with Gasteiger partial charge in [-0.15, -0.1) is 0 Å². The van der Waals surface area contributed by atoms with Crippen LogP contribution >= 0.6 is 0 Å². The van der Waals surface area contributed by atoms with Crippen LogP contribution in [0, 0.1) is 28.9 Å². The third-order valence-electron chi connectivity index (χ3n) is 2.61. The molecular weight excluding hydrogens is 240 g/mol. The van der Waals surface area contributed by atoms with E-state index < -0.39 is 4.92 Å². The van der Waals surface area contributed by atoms with Crippen LogP contribution < -0.4 is 5.73 Å². The van der Waals surface area contributed by atoms with Gasteiger partial charge in [0, 0.05) is 11.6 Å². The summed E-state index contributed by atoms with van der Waals surface area (Å²) in [5, 5.41) is 10.9. The number of nitro benzene ring substituents is 1. The maximum absolute atomic E-state index is 10.9. The highest BCUT2D eigenvalue weighted by atomic mass is 16.6. The molecular formula is C15H12N2O2. The van der Waals surface area contributed by atoms with Crippen molar-refractivity contribution in [2.75, 3.05) is 5.73 Å². The molecule has 4 heteroatoms. The minimum atomic E-state index is -0.490. The predicted octanol–water partition coefficient (Wildman–Crippen LogP) is 2.89. The van der Waals surface area contributed by atoms with Crippen LogP contribution in [0.5, 0.6) is 0 Å².